The average Bonchev–Trinajstić information content (AvgIpc) is 1.21. The Labute approximate surface area is 739 Å². The molecule has 6 heterocycles. The quantitative estimate of drug-likeness (QED) is 0.125. The minimum atomic E-state index is -0.560. The number of benzene rings is 18. The first-order valence-corrected chi connectivity index (χ1v) is 43.5. The Bertz CT molecular complexity index is 8080. The highest BCUT2D eigenvalue weighted by Gasteiger charge is 2.53. The lowest BCUT2D eigenvalue weighted by Crippen LogP contribution is -2.32. The van der Waals surface area contributed by atoms with E-state index in [-0.39, 0.29) is 0 Å². The van der Waals surface area contributed by atoms with Crippen LogP contribution in [0.1, 0.15) is 44.5 Å². The lowest BCUT2D eigenvalue weighted by molar-refractivity contribution is 0.436. The van der Waals surface area contributed by atoms with Crippen molar-refractivity contribution < 1.29 is 9.47 Å². The van der Waals surface area contributed by atoms with E-state index in [0.29, 0.717) is 11.6 Å². The summed E-state index contributed by atoms with van der Waals surface area (Å²) in [5.74, 6) is 4.95. The summed E-state index contributed by atoms with van der Waals surface area (Å²) in [5.41, 5.74) is 33.7. The van der Waals surface area contributed by atoms with Crippen molar-refractivity contribution in [2.24, 2.45) is 0 Å². The van der Waals surface area contributed by atoms with E-state index in [0.717, 1.165) is 173 Å². The number of hydrogen-bond acceptors (Lipinski definition) is 8. The largest absolute Gasteiger partial charge is 0.457 e. The van der Waals surface area contributed by atoms with E-state index in [2.05, 4.69) is 388 Å². The molecule has 0 atom stereocenters. The maximum Gasteiger partial charge on any atom is 0.160 e. The highest BCUT2D eigenvalue weighted by Crippen LogP contribution is 2.66. The van der Waals surface area contributed by atoms with Crippen LogP contribution in [0.3, 0.4) is 0 Å². The predicted molar refractivity (Wildman–Crippen MR) is 519 cm³/mol. The molecule has 0 amide bonds. The van der Waals surface area contributed by atoms with Crippen LogP contribution in [0, 0.1) is 0 Å². The zero-order valence-corrected chi connectivity index (χ0v) is 69.2. The number of pyridine rings is 2. The van der Waals surface area contributed by atoms with Gasteiger partial charge in [-0.25, -0.2) is 29.9 Å². The van der Waals surface area contributed by atoms with Gasteiger partial charge in [-0.3, -0.25) is 0 Å². The molecule has 0 N–H and O–H groups in total. The zero-order chi connectivity index (χ0) is 84.4. The molecule has 596 valence electrons. The molecule has 128 heavy (non-hydrogen) atoms. The summed E-state index contributed by atoms with van der Waals surface area (Å²) in [6.45, 7) is 0. The minimum Gasteiger partial charge on any atom is -0.457 e. The summed E-state index contributed by atoms with van der Waals surface area (Å²) in [4.78, 5) is 31.2. The molecule has 8 nitrogen and oxygen atoms in total. The zero-order valence-electron chi connectivity index (χ0n) is 69.2. The van der Waals surface area contributed by atoms with Gasteiger partial charge in [-0.2, -0.15) is 0 Å². The molecule has 4 aliphatic rings. The van der Waals surface area contributed by atoms with Gasteiger partial charge in [0.25, 0.3) is 0 Å². The third kappa shape index (κ3) is 11.8. The highest BCUT2D eigenvalue weighted by atomic mass is 16.5. The van der Waals surface area contributed by atoms with Crippen LogP contribution in [0.15, 0.2) is 449 Å². The second-order valence-electron chi connectivity index (χ2n) is 33.3. The Morgan fingerprint density at radius 1 is 0.172 bits per heavy atom. The van der Waals surface area contributed by atoms with Crippen molar-refractivity contribution in [3.63, 3.8) is 0 Å². The second kappa shape index (κ2) is 30.0. The summed E-state index contributed by atoms with van der Waals surface area (Å²) in [7, 11) is 0. The van der Waals surface area contributed by atoms with Crippen molar-refractivity contribution in [2.45, 2.75) is 10.8 Å². The predicted octanol–water partition coefficient (Wildman–Crippen LogP) is 30.0. The molecular weight excluding hydrogens is 1560 g/mol. The molecule has 0 radical (unpaired) electrons. The fraction of sp³-hybridized carbons (Fsp3) is 0.0167. The summed E-state index contributed by atoms with van der Waals surface area (Å²) >= 11 is 0. The number of aromatic nitrogens is 6. The third-order valence-corrected chi connectivity index (χ3v) is 26.3. The Kier molecular flexibility index (Phi) is 17.3. The number of ether oxygens (including phenoxy) is 2. The van der Waals surface area contributed by atoms with Gasteiger partial charge in [0.15, 0.2) is 11.6 Å². The van der Waals surface area contributed by atoms with E-state index in [1.54, 1.807) is 0 Å². The van der Waals surface area contributed by atoms with Crippen LogP contribution in [-0.4, -0.2) is 29.9 Å². The monoisotopic (exact) mass is 1630 g/mol. The molecule has 8 heteroatoms. The number of fused-ring (bicyclic) bond motifs is 26. The van der Waals surface area contributed by atoms with Gasteiger partial charge in [0.05, 0.1) is 56.0 Å². The van der Waals surface area contributed by atoms with E-state index in [9.17, 15) is 0 Å². The van der Waals surface area contributed by atoms with Crippen LogP contribution in [0.4, 0.5) is 0 Å². The molecule has 22 aromatic rings. The highest BCUT2D eigenvalue weighted by molar-refractivity contribution is 6.21. The fourth-order valence-electron chi connectivity index (χ4n) is 20.7. The van der Waals surface area contributed by atoms with Crippen molar-refractivity contribution in [3.05, 3.63) is 493 Å². The lowest BCUT2D eigenvalue weighted by atomic mass is 9.66. The van der Waals surface area contributed by atoms with Crippen LogP contribution < -0.4 is 9.47 Å². The molecule has 26 rings (SSSR count). The summed E-state index contributed by atoms with van der Waals surface area (Å²) in [5, 5.41) is 6.95. The van der Waals surface area contributed by atoms with Crippen molar-refractivity contribution in [1.29, 1.82) is 0 Å². The smallest absolute Gasteiger partial charge is 0.160 e. The first-order chi connectivity index (χ1) is 63.4. The summed E-state index contributed by atoms with van der Waals surface area (Å²) in [6, 6.07) is 159. The molecule has 2 spiro atoms. The van der Waals surface area contributed by atoms with Crippen LogP contribution in [0.25, 0.3) is 178 Å². The van der Waals surface area contributed by atoms with Crippen LogP contribution in [0.2, 0.25) is 0 Å². The van der Waals surface area contributed by atoms with E-state index in [4.69, 9.17) is 39.4 Å². The summed E-state index contributed by atoms with van der Waals surface area (Å²) in [6.07, 6.45) is 0. The molecule has 0 bridgehead atoms. The van der Waals surface area contributed by atoms with Gasteiger partial charge in [-0.1, -0.05) is 394 Å². The molecule has 0 fully saturated rings. The first-order valence-electron chi connectivity index (χ1n) is 43.5. The van der Waals surface area contributed by atoms with Crippen LogP contribution in [-0.2, 0) is 10.8 Å². The van der Waals surface area contributed by atoms with E-state index < -0.39 is 10.8 Å². The van der Waals surface area contributed by atoms with Crippen LogP contribution in [0.5, 0.6) is 23.0 Å². The van der Waals surface area contributed by atoms with Crippen molar-refractivity contribution in [2.75, 3.05) is 0 Å². The normalized spacial score (nSPS) is 12.9. The Morgan fingerprint density at radius 2 is 0.461 bits per heavy atom. The van der Waals surface area contributed by atoms with Gasteiger partial charge in [0, 0.05) is 99.1 Å². The number of nitrogens with zero attached hydrogens (tertiary/aromatic N) is 6. The second-order valence-corrected chi connectivity index (χ2v) is 33.3. The van der Waals surface area contributed by atoms with Gasteiger partial charge in [-0.15, -0.1) is 0 Å². The van der Waals surface area contributed by atoms with Crippen molar-refractivity contribution in [1.82, 2.24) is 29.9 Å². The van der Waals surface area contributed by atoms with E-state index in [1.807, 2.05) is 60.7 Å². The minimum absolute atomic E-state index is 0.547. The molecule has 2 aliphatic heterocycles. The number of para-hydroxylation sites is 6. The molecule has 18 aromatic carbocycles. The third-order valence-electron chi connectivity index (χ3n) is 26.3. The molecular formula is C120H74N6O2. The maximum absolute atomic E-state index is 6.63. The lowest BCUT2D eigenvalue weighted by Gasteiger charge is -2.39. The van der Waals surface area contributed by atoms with Gasteiger partial charge in [0.1, 0.15) is 23.0 Å². The van der Waals surface area contributed by atoms with Gasteiger partial charge in [0.2, 0.25) is 0 Å². The summed E-state index contributed by atoms with van der Waals surface area (Å²) < 4.78 is 13.3. The van der Waals surface area contributed by atoms with Gasteiger partial charge >= 0.3 is 0 Å². The van der Waals surface area contributed by atoms with Crippen molar-refractivity contribution in [3.8, 4) is 158 Å². The molecule has 4 aromatic heterocycles. The molecule has 0 unspecified atom stereocenters. The van der Waals surface area contributed by atoms with Crippen LogP contribution >= 0.6 is 0 Å². The van der Waals surface area contributed by atoms with Gasteiger partial charge < -0.3 is 9.47 Å². The Morgan fingerprint density at radius 3 is 0.867 bits per heavy atom. The molecule has 0 saturated carbocycles. The molecule has 2 aliphatic carbocycles. The fourth-order valence-corrected chi connectivity index (χ4v) is 20.7. The number of rotatable bonds is 10. The SMILES string of the molecule is c1ccc(-c2cc(-c3ccc(-c4ccc(-c5nc6ccccc6c6c7c(ccc56)C5(c6ccccc6Oc6ccccc65)c5ccccc5-7)cc4)cc3)nc(-c3ccccc3)n2)cc1.c1ccc(-c2cccc(-c3cc(-c4ccc(-c5nc6ccccc6c6c7c(ccc56)C5(c6ccccc6Oc6ccccc65)c5ccccc5-7)cc4)nc(-c4ccccc4)n3)c2)cc1. The van der Waals surface area contributed by atoms with E-state index >= 15 is 0 Å². The van der Waals surface area contributed by atoms with Crippen molar-refractivity contribution >= 4 is 43.4 Å². The topological polar surface area (TPSA) is 95.8 Å². The van der Waals surface area contributed by atoms with E-state index in [1.165, 1.54) is 60.8 Å². The Hall–Kier alpha value is -16.9. The first kappa shape index (κ1) is 73.8. The number of hydrogen-bond donors (Lipinski definition) is 0. The maximum atomic E-state index is 6.63. The average molecular weight is 1630 g/mol. The molecule has 0 saturated heterocycles. The Balaban J connectivity index is 0.000000139. The standard InChI is InChI=1S/2C60H37N3O/c1-3-16-38(17-4-1)42-20-15-21-43(36-42)53-37-52(62-59(63-53)41-18-5-2-6-19-41)39-30-32-40(33-31-39)58-46-34-35-50-57(56(46)45-23-8-12-27-51(45)61-58)44-22-7-9-24-47(44)60(50)48-25-10-13-28-54(48)64-55-29-14-11-26-49(55)60;1-3-15-40(16-4-1)52-37-53(63-59(62-52)43-17-5-2-6-18-43)41-31-27-38(28-32-41)39-29-33-42(34-30-39)58-46-35-36-50-57(56(46)45-20-8-12-24-51(45)61-58)44-19-7-9-21-47(44)60(50)48-22-10-13-25-54(48)64-55-26-14-11-23-49(55)60/h2*1-37H. The van der Waals surface area contributed by atoms with Gasteiger partial charge in [-0.05, 0) is 121 Å².